The number of oxime groups is 1. The Balaban J connectivity index is 2.15. The summed E-state index contributed by atoms with van der Waals surface area (Å²) in [7, 11) is 0. The molecule has 0 unspecified atom stereocenters. The summed E-state index contributed by atoms with van der Waals surface area (Å²) in [6, 6.07) is 0. The maximum Gasteiger partial charge on any atom is 0.362 e. The third-order valence-electron chi connectivity index (χ3n) is 4.60. The van der Waals surface area contributed by atoms with Gasteiger partial charge in [0.15, 0.2) is 5.13 Å². The van der Waals surface area contributed by atoms with Crippen LogP contribution in [0.1, 0.15) is 59.1 Å². The smallest absolute Gasteiger partial charge is 0.362 e. The van der Waals surface area contributed by atoms with Crippen molar-refractivity contribution in [1.82, 2.24) is 4.98 Å². The van der Waals surface area contributed by atoms with Gasteiger partial charge in [-0.1, -0.05) is 24.9 Å². The van der Waals surface area contributed by atoms with E-state index in [0.717, 1.165) is 18.8 Å². The number of nitrogens with two attached hydrogens (primary N) is 1. The number of anilines is 1. The quantitative estimate of drug-likeness (QED) is 0.479. The molecule has 7 heteroatoms. The Morgan fingerprint density at radius 2 is 2.08 bits per heavy atom. The van der Waals surface area contributed by atoms with Gasteiger partial charge >= 0.3 is 5.97 Å². The van der Waals surface area contributed by atoms with Crippen LogP contribution in [-0.2, 0) is 14.4 Å². The molecular weight excluding hydrogens is 326 g/mol. The molecule has 2 N–H and O–H groups in total. The van der Waals surface area contributed by atoms with Crippen molar-refractivity contribution in [2.75, 3.05) is 12.3 Å². The Hall–Kier alpha value is -1.63. The fraction of sp³-hybridized carbons (Fsp3) is 0.706. The van der Waals surface area contributed by atoms with Crippen molar-refractivity contribution in [3.05, 3.63) is 11.1 Å². The lowest BCUT2D eigenvalue weighted by Crippen LogP contribution is -2.36. The minimum absolute atomic E-state index is 0.0713. The van der Waals surface area contributed by atoms with Gasteiger partial charge in [-0.15, -0.1) is 11.3 Å². The van der Waals surface area contributed by atoms with Gasteiger partial charge in [-0.05, 0) is 39.5 Å². The summed E-state index contributed by atoms with van der Waals surface area (Å²) in [5.74, 6) is 0.644. The fourth-order valence-electron chi connectivity index (χ4n) is 2.98. The van der Waals surface area contributed by atoms with Crippen molar-refractivity contribution in [1.29, 1.82) is 0 Å². The number of hydrogen-bond acceptors (Lipinski definition) is 7. The zero-order valence-electron chi connectivity index (χ0n) is 14.9. The van der Waals surface area contributed by atoms with Gasteiger partial charge in [0.1, 0.15) is 11.3 Å². The van der Waals surface area contributed by atoms with Gasteiger partial charge < -0.3 is 15.3 Å². The predicted molar refractivity (Wildman–Crippen MR) is 96.0 cm³/mol. The SMILES string of the molecule is CCOC(=O)C(=NOC(C)(C)C1CCC(C)CC1)c1csc(N)n1. The molecular formula is C17H27N3O3S. The topological polar surface area (TPSA) is 86.8 Å². The minimum atomic E-state index is -0.545. The first-order valence-corrected chi connectivity index (χ1v) is 9.36. The largest absolute Gasteiger partial charge is 0.461 e. The number of nitrogen functional groups attached to an aromatic ring is 1. The summed E-state index contributed by atoms with van der Waals surface area (Å²) in [4.78, 5) is 22.1. The van der Waals surface area contributed by atoms with Crippen LogP contribution in [-0.4, -0.2) is 28.9 Å². The van der Waals surface area contributed by atoms with E-state index in [-0.39, 0.29) is 12.3 Å². The van der Waals surface area contributed by atoms with E-state index in [2.05, 4.69) is 17.1 Å². The van der Waals surface area contributed by atoms with Gasteiger partial charge in [0.25, 0.3) is 0 Å². The zero-order chi connectivity index (χ0) is 17.7. The van der Waals surface area contributed by atoms with Crippen LogP contribution in [0.15, 0.2) is 10.5 Å². The van der Waals surface area contributed by atoms with Crippen molar-refractivity contribution >= 4 is 28.1 Å². The average molecular weight is 353 g/mol. The molecule has 0 bridgehead atoms. The lowest BCUT2D eigenvalue weighted by Gasteiger charge is -2.36. The van der Waals surface area contributed by atoms with Crippen LogP contribution >= 0.6 is 11.3 Å². The molecule has 0 spiro atoms. The van der Waals surface area contributed by atoms with Crippen LogP contribution in [0.3, 0.4) is 0 Å². The van der Waals surface area contributed by atoms with E-state index in [1.807, 2.05) is 13.8 Å². The second kappa shape index (κ2) is 7.96. The van der Waals surface area contributed by atoms with E-state index in [1.165, 1.54) is 24.2 Å². The minimum Gasteiger partial charge on any atom is -0.461 e. The summed E-state index contributed by atoms with van der Waals surface area (Å²) in [6.07, 6.45) is 4.63. The number of nitrogens with zero attached hydrogens (tertiary/aromatic N) is 2. The van der Waals surface area contributed by atoms with Crippen LogP contribution in [0.4, 0.5) is 5.13 Å². The molecule has 0 aromatic carbocycles. The predicted octanol–water partition coefficient (Wildman–Crippen LogP) is 3.61. The van der Waals surface area contributed by atoms with Gasteiger partial charge in [-0.25, -0.2) is 9.78 Å². The Labute approximate surface area is 147 Å². The Morgan fingerprint density at radius 1 is 1.42 bits per heavy atom. The van der Waals surface area contributed by atoms with Gasteiger partial charge in [-0.2, -0.15) is 0 Å². The van der Waals surface area contributed by atoms with E-state index < -0.39 is 11.6 Å². The van der Waals surface area contributed by atoms with Crippen molar-refractivity contribution in [2.45, 2.75) is 59.0 Å². The number of rotatable bonds is 6. The summed E-state index contributed by atoms with van der Waals surface area (Å²) in [5.41, 5.74) is 5.68. The molecule has 134 valence electrons. The lowest BCUT2D eigenvalue weighted by atomic mass is 9.75. The standard InChI is InChI=1S/C17H27N3O3S/c1-5-22-15(21)14(13-10-24-16(18)19-13)20-23-17(3,4)12-8-6-11(2)7-9-12/h10-12H,5-9H2,1-4H3,(H2,18,19). The molecule has 1 fully saturated rings. The molecule has 1 aromatic rings. The third kappa shape index (κ3) is 4.69. The molecule has 0 atom stereocenters. The number of carbonyl (C=O) groups is 1. The first-order chi connectivity index (χ1) is 11.3. The molecule has 1 aliphatic rings. The summed E-state index contributed by atoms with van der Waals surface area (Å²) >= 11 is 1.25. The van der Waals surface area contributed by atoms with Crippen molar-refractivity contribution < 1.29 is 14.4 Å². The normalized spacial score (nSPS) is 22.2. The van der Waals surface area contributed by atoms with Crippen molar-refractivity contribution in [2.24, 2.45) is 17.0 Å². The molecule has 0 radical (unpaired) electrons. The molecule has 1 aliphatic carbocycles. The van der Waals surface area contributed by atoms with Gasteiger partial charge in [0.05, 0.1) is 6.61 Å². The molecule has 1 saturated carbocycles. The van der Waals surface area contributed by atoms with Gasteiger partial charge in [0.2, 0.25) is 5.71 Å². The molecule has 1 heterocycles. The molecule has 0 aliphatic heterocycles. The van der Waals surface area contributed by atoms with E-state index in [9.17, 15) is 4.79 Å². The second-order valence-corrected chi connectivity index (χ2v) is 7.77. The maximum atomic E-state index is 12.2. The number of hydrogen-bond donors (Lipinski definition) is 1. The van der Waals surface area contributed by atoms with Gasteiger partial charge in [-0.3, -0.25) is 0 Å². The van der Waals surface area contributed by atoms with Crippen LogP contribution in [0, 0.1) is 11.8 Å². The number of thiazole rings is 1. The fourth-order valence-corrected chi connectivity index (χ4v) is 3.53. The summed E-state index contributed by atoms with van der Waals surface area (Å²) in [5, 5.41) is 6.18. The molecule has 2 rings (SSSR count). The first-order valence-electron chi connectivity index (χ1n) is 8.48. The Kier molecular flexibility index (Phi) is 6.21. The van der Waals surface area contributed by atoms with Gasteiger partial charge in [0, 0.05) is 11.3 Å². The summed E-state index contributed by atoms with van der Waals surface area (Å²) < 4.78 is 5.07. The van der Waals surface area contributed by atoms with E-state index in [4.69, 9.17) is 15.3 Å². The van der Waals surface area contributed by atoms with Crippen LogP contribution < -0.4 is 5.73 Å². The highest BCUT2D eigenvalue weighted by atomic mass is 32.1. The maximum absolute atomic E-state index is 12.2. The first kappa shape index (κ1) is 18.7. The van der Waals surface area contributed by atoms with Crippen molar-refractivity contribution in [3.63, 3.8) is 0 Å². The highest BCUT2D eigenvalue weighted by Gasteiger charge is 2.35. The highest BCUT2D eigenvalue weighted by Crippen LogP contribution is 2.37. The second-order valence-electron chi connectivity index (χ2n) is 6.88. The monoisotopic (exact) mass is 353 g/mol. The van der Waals surface area contributed by atoms with E-state index in [0.29, 0.717) is 16.7 Å². The van der Waals surface area contributed by atoms with Crippen LogP contribution in [0.25, 0.3) is 0 Å². The third-order valence-corrected chi connectivity index (χ3v) is 5.28. The number of ether oxygens (including phenoxy) is 1. The highest BCUT2D eigenvalue weighted by molar-refractivity contribution is 7.13. The number of esters is 1. The molecule has 6 nitrogen and oxygen atoms in total. The Bertz CT molecular complexity index is 590. The average Bonchev–Trinajstić information content (AvgIpc) is 2.94. The zero-order valence-corrected chi connectivity index (χ0v) is 15.7. The number of aromatic nitrogens is 1. The lowest BCUT2D eigenvalue weighted by molar-refractivity contribution is -0.135. The van der Waals surface area contributed by atoms with Crippen molar-refractivity contribution in [3.8, 4) is 0 Å². The molecule has 1 aromatic heterocycles. The molecule has 0 saturated heterocycles. The summed E-state index contributed by atoms with van der Waals surface area (Å²) in [6.45, 7) is 8.35. The molecule has 24 heavy (non-hydrogen) atoms. The molecule has 0 amide bonds. The Morgan fingerprint density at radius 3 is 2.62 bits per heavy atom. The number of carbonyl (C=O) groups excluding carboxylic acids is 1. The van der Waals surface area contributed by atoms with Crippen LogP contribution in [0.5, 0.6) is 0 Å². The van der Waals surface area contributed by atoms with E-state index >= 15 is 0 Å². The van der Waals surface area contributed by atoms with Crippen LogP contribution in [0.2, 0.25) is 0 Å². The van der Waals surface area contributed by atoms with E-state index in [1.54, 1.807) is 12.3 Å².